The predicted molar refractivity (Wildman–Crippen MR) is 99.8 cm³/mol. The van der Waals surface area contributed by atoms with Crippen LogP contribution < -0.4 is 10.1 Å². The number of benzene rings is 3. The van der Waals surface area contributed by atoms with E-state index in [2.05, 4.69) is 5.32 Å². The van der Waals surface area contributed by atoms with Crippen LogP contribution in [-0.2, 0) is 4.79 Å². The fourth-order valence-electron chi connectivity index (χ4n) is 2.82. The molecule has 3 rings (SSSR count). The number of hydrogen-bond donors (Lipinski definition) is 2. The largest absolute Gasteiger partial charge is 0.507 e. The van der Waals surface area contributed by atoms with Crippen molar-refractivity contribution in [1.82, 2.24) is 0 Å². The van der Waals surface area contributed by atoms with Crippen LogP contribution in [0.5, 0.6) is 11.5 Å². The van der Waals surface area contributed by atoms with Crippen LogP contribution in [0, 0.1) is 11.6 Å². The summed E-state index contributed by atoms with van der Waals surface area (Å²) in [7, 11) is 1.42. The molecule has 0 aliphatic heterocycles. The third kappa shape index (κ3) is 3.89. The van der Waals surface area contributed by atoms with Gasteiger partial charge in [0.25, 0.3) is 0 Å². The number of phenols is 1. The smallest absolute Gasteiger partial charge is 0.221 e. The summed E-state index contributed by atoms with van der Waals surface area (Å²) in [5, 5.41) is 13.1. The Hall–Kier alpha value is -3.41. The molecule has 0 saturated heterocycles. The molecule has 0 aliphatic carbocycles. The first-order valence-electron chi connectivity index (χ1n) is 8.13. The van der Waals surface area contributed by atoms with Crippen LogP contribution in [0.4, 0.5) is 14.5 Å². The topological polar surface area (TPSA) is 58.6 Å². The first kappa shape index (κ1) is 18.4. The highest BCUT2D eigenvalue weighted by molar-refractivity contribution is 5.89. The fraction of sp³-hybridized carbons (Fsp3) is 0.0952. The summed E-state index contributed by atoms with van der Waals surface area (Å²) in [5.41, 5.74) is 1.67. The Kier molecular flexibility index (Phi) is 5.07. The number of anilines is 1. The molecule has 0 saturated carbocycles. The van der Waals surface area contributed by atoms with Gasteiger partial charge in [-0.2, -0.15) is 0 Å². The van der Waals surface area contributed by atoms with Crippen molar-refractivity contribution in [2.45, 2.75) is 6.92 Å². The van der Waals surface area contributed by atoms with E-state index in [4.69, 9.17) is 4.74 Å². The fourth-order valence-corrected chi connectivity index (χ4v) is 2.82. The number of phenolic OH excluding ortho intramolecular Hbond substituents is 1. The molecule has 2 N–H and O–H groups in total. The molecular weight excluding hydrogens is 352 g/mol. The third-order valence-corrected chi connectivity index (χ3v) is 4.04. The van der Waals surface area contributed by atoms with Gasteiger partial charge in [0.05, 0.1) is 12.8 Å². The Morgan fingerprint density at radius 3 is 2.33 bits per heavy atom. The quantitative estimate of drug-likeness (QED) is 0.683. The van der Waals surface area contributed by atoms with Crippen molar-refractivity contribution in [3.8, 4) is 33.8 Å². The van der Waals surface area contributed by atoms with Gasteiger partial charge in [0.1, 0.15) is 23.1 Å². The van der Waals surface area contributed by atoms with Crippen molar-refractivity contribution in [1.29, 1.82) is 0 Å². The van der Waals surface area contributed by atoms with Gasteiger partial charge in [-0.3, -0.25) is 4.79 Å². The highest BCUT2D eigenvalue weighted by Gasteiger charge is 2.14. The molecular formula is C21H17F2NO3. The van der Waals surface area contributed by atoms with Crippen molar-refractivity contribution in [3.63, 3.8) is 0 Å². The summed E-state index contributed by atoms with van der Waals surface area (Å²) < 4.78 is 33.1. The van der Waals surface area contributed by atoms with Crippen LogP contribution in [0.1, 0.15) is 6.92 Å². The number of amides is 1. The third-order valence-electron chi connectivity index (χ3n) is 4.04. The summed E-state index contributed by atoms with van der Waals surface area (Å²) in [6, 6.07) is 13.3. The van der Waals surface area contributed by atoms with E-state index in [-0.39, 0.29) is 17.3 Å². The Morgan fingerprint density at radius 2 is 1.70 bits per heavy atom. The zero-order chi connectivity index (χ0) is 19.6. The summed E-state index contributed by atoms with van der Waals surface area (Å²) in [6.07, 6.45) is 0. The normalized spacial score (nSPS) is 10.5. The molecule has 0 spiro atoms. The number of hydrogen-bond acceptors (Lipinski definition) is 3. The molecule has 0 unspecified atom stereocenters. The molecule has 0 fully saturated rings. The second-order valence-corrected chi connectivity index (χ2v) is 5.96. The van der Waals surface area contributed by atoms with Crippen LogP contribution in [0.15, 0.2) is 54.6 Å². The lowest BCUT2D eigenvalue weighted by atomic mass is 9.97. The van der Waals surface area contributed by atoms with Crippen molar-refractivity contribution in [2.24, 2.45) is 0 Å². The zero-order valence-corrected chi connectivity index (χ0v) is 14.7. The predicted octanol–water partition coefficient (Wildman–Crippen LogP) is 4.97. The number of carbonyl (C=O) groups excluding carboxylic acids is 1. The Balaban J connectivity index is 2.07. The van der Waals surface area contributed by atoms with Gasteiger partial charge in [-0.1, -0.05) is 24.3 Å². The first-order valence-corrected chi connectivity index (χ1v) is 8.13. The highest BCUT2D eigenvalue weighted by atomic mass is 19.1. The molecule has 0 atom stereocenters. The molecule has 0 aromatic heterocycles. The van der Waals surface area contributed by atoms with Gasteiger partial charge in [0.2, 0.25) is 5.91 Å². The number of halogens is 2. The lowest BCUT2D eigenvalue weighted by molar-refractivity contribution is -0.114. The van der Waals surface area contributed by atoms with E-state index in [9.17, 15) is 18.7 Å². The molecule has 0 aliphatic rings. The molecule has 27 heavy (non-hydrogen) atoms. The van der Waals surface area contributed by atoms with Crippen LogP contribution in [-0.4, -0.2) is 18.1 Å². The van der Waals surface area contributed by atoms with Crippen LogP contribution in [0.25, 0.3) is 22.3 Å². The lowest BCUT2D eigenvalue weighted by Crippen LogP contribution is -2.07. The van der Waals surface area contributed by atoms with Gasteiger partial charge in [0.15, 0.2) is 0 Å². The molecule has 3 aromatic carbocycles. The maximum Gasteiger partial charge on any atom is 0.221 e. The molecule has 0 bridgehead atoms. The maximum absolute atomic E-state index is 14.2. The van der Waals surface area contributed by atoms with Crippen LogP contribution in [0.2, 0.25) is 0 Å². The van der Waals surface area contributed by atoms with Crippen LogP contribution in [0.3, 0.4) is 0 Å². The number of nitrogens with one attached hydrogen (secondary N) is 1. The SMILES string of the molecule is COc1cc(F)cc(-c2cccc(-c3ccc(NC(C)=O)c(F)c3)c2O)c1. The summed E-state index contributed by atoms with van der Waals surface area (Å²) in [6.45, 7) is 1.29. The van der Waals surface area contributed by atoms with Gasteiger partial charge >= 0.3 is 0 Å². The highest BCUT2D eigenvalue weighted by Crippen LogP contribution is 2.39. The van der Waals surface area contributed by atoms with E-state index < -0.39 is 11.6 Å². The van der Waals surface area contributed by atoms with E-state index in [1.807, 2.05) is 0 Å². The number of rotatable bonds is 4. The van der Waals surface area contributed by atoms with Gasteiger partial charge in [0, 0.05) is 24.1 Å². The Morgan fingerprint density at radius 1 is 1.00 bits per heavy atom. The molecule has 3 aromatic rings. The molecule has 1 amide bonds. The standard InChI is InChI=1S/C21H17F2NO3/c1-12(25)24-20-7-6-13(10-19(20)23)17-4-3-5-18(21(17)26)14-8-15(22)11-16(9-14)27-2/h3-11,26H,1-2H3,(H,24,25). The van der Waals surface area contributed by atoms with E-state index in [0.29, 0.717) is 28.0 Å². The monoisotopic (exact) mass is 369 g/mol. The molecule has 0 radical (unpaired) electrons. The summed E-state index contributed by atoms with van der Waals surface area (Å²) in [5.74, 6) is -1.30. The van der Waals surface area contributed by atoms with Crippen LogP contribution >= 0.6 is 0 Å². The number of carbonyl (C=O) groups is 1. The lowest BCUT2D eigenvalue weighted by Gasteiger charge is -2.12. The Labute approximate surface area is 155 Å². The minimum atomic E-state index is -0.625. The average Bonchev–Trinajstić information content (AvgIpc) is 2.62. The average molecular weight is 369 g/mol. The number of ether oxygens (including phenoxy) is 1. The van der Waals surface area contributed by atoms with Crippen molar-refractivity contribution < 1.29 is 23.4 Å². The van der Waals surface area contributed by atoms with E-state index in [0.717, 1.165) is 0 Å². The van der Waals surface area contributed by atoms with Gasteiger partial charge in [-0.15, -0.1) is 0 Å². The molecule has 6 heteroatoms. The van der Waals surface area contributed by atoms with E-state index in [1.165, 1.54) is 38.3 Å². The summed E-state index contributed by atoms with van der Waals surface area (Å²) in [4.78, 5) is 11.1. The molecule has 138 valence electrons. The van der Waals surface area contributed by atoms with Gasteiger partial charge < -0.3 is 15.2 Å². The minimum absolute atomic E-state index is 0.0526. The minimum Gasteiger partial charge on any atom is -0.507 e. The van der Waals surface area contributed by atoms with Crippen molar-refractivity contribution >= 4 is 11.6 Å². The number of para-hydroxylation sites is 1. The summed E-state index contributed by atoms with van der Waals surface area (Å²) >= 11 is 0. The van der Waals surface area contributed by atoms with Crippen molar-refractivity contribution in [3.05, 3.63) is 66.2 Å². The van der Waals surface area contributed by atoms with Gasteiger partial charge in [-0.25, -0.2) is 8.78 Å². The second-order valence-electron chi connectivity index (χ2n) is 5.96. The van der Waals surface area contributed by atoms with E-state index in [1.54, 1.807) is 30.3 Å². The number of aromatic hydroxyl groups is 1. The van der Waals surface area contributed by atoms with Crippen molar-refractivity contribution in [2.75, 3.05) is 12.4 Å². The zero-order valence-electron chi connectivity index (χ0n) is 14.7. The maximum atomic E-state index is 14.2. The Bertz CT molecular complexity index is 1020. The first-order chi connectivity index (χ1) is 12.9. The second kappa shape index (κ2) is 7.45. The van der Waals surface area contributed by atoms with Gasteiger partial charge in [-0.05, 0) is 35.4 Å². The molecule has 0 heterocycles. The van der Waals surface area contributed by atoms with E-state index >= 15 is 0 Å². The number of methoxy groups -OCH3 is 1. The molecule has 4 nitrogen and oxygen atoms in total.